The maximum Gasteiger partial charge on any atom is 0.279 e. The van der Waals surface area contributed by atoms with Crippen molar-refractivity contribution in [3.63, 3.8) is 0 Å². The van der Waals surface area contributed by atoms with Crippen LogP contribution in [0, 0.1) is 0 Å². The van der Waals surface area contributed by atoms with Crippen LogP contribution in [0.2, 0.25) is 0 Å². The van der Waals surface area contributed by atoms with Gasteiger partial charge in [-0.2, -0.15) is 12.7 Å². The number of piperazine rings is 1. The zero-order valence-corrected chi connectivity index (χ0v) is 10.8. The normalized spacial score (nSPS) is 32.9. The highest BCUT2D eigenvalue weighted by molar-refractivity contribution is 7.87. The Kier molecular flexibility index (Phi) is 3.53. The van der Waals surface area contributed by atoms with Crippen LogP contribution < -0.4 is 4.72 Å². The predicted octanol–water partition coefficient (Wildman–Crippen LogP) is 0.00920. The maximum atomic E-state index is 12.0. The van der Waals surface area contributed by atoms with E-state index in [-0.39, 0.29) is 6.04 Å². The van der Waals surface area contributed by atoms with Crippen molar-refractivity contribution in [2.24, 2.45) is 0 Å². The third-order valence-electron chi connectivity index (χ3n) is 3.52. The number of rotatable bonds is 3. The summed E-state index contributed by atoms with van der Waals surface area (Å²) in [7, 11) is -3.26. The van der Waals surface area contributed by atoms with Crippen LogP contribution in [0.15, 0.2) is 0 Å². The van der Waals surface area contributed by atoms with Crippen molar-refractivity contribution in [2.75, 3.05) is 26.2 Å². The first-order valence-electron chi connectivity index (χ1n) is 6.05. The molecule has 6 heteroatoms. The van der Waals surface area contributed by atoms with Crippen LogP contribution in [0.5, 0.6) is 0 Å². The van der Waals surface area contributed by atoms with E-state index in [1.807, 2.05) is 13.8 Å². The number of fused-ring (bicyclic) bond motifs is 1. The van der Waals surface area contributed by atoms with Gasteiger partial charge in [0, 0.05) is 31.7 Å². The first kappa shape index (κ1) is 12.3. The largest absolute Gasteiger partial charge is 0.297 e. The predicted molar refractivity (Wildman–Crippen MR) is 63.4 cm³/mol. The van der Waals surface area contributed by atoms with Crippen molar-refractivity contribution in [2.45, 2.75) is 38.8 Å². The highest BCUT2D eigenvalue weighted by Crippen LogP contribution is 2.25. The third kappa shape index (κ3) is 2.25. The lowest BCUT2D eigenvalue weighted by atomic mass is 10.1. The molecular weight excluding hydrogens is 226 g/mol. The monoisotopic (exact) mass is 247 g/mol. The molecule has 0 aromatic carbocycles. The van der Waals surface area contributed by atoms with Crippen LogP contribution in [0.4, 0.5) is 0 Å². The number of hydrogen-bond donors (Lipinski definition) is 1. The minimum atomic E-state index is -3.26. The smallest absolute Gasteiger partial charge is 0.279 e. The summed E-state index contributed by atoms with van der Waals surface area (Å²) in [5, 5.41) is 0. The van der Waals surface area contributed by atoms with Gasteiger partial charge in [-0.05, 0) is 26.3 Å². The van der Waals surface area contributed by atoms with E-state index in [2.05, 4.69) is 9.62 Å². The lowest BCUT2D eigenvalue weighted by Gasteiger charge is -2.41. The molecular formula is C10H21N3O2S. The summed E-state index contributed by atoms with van der Waals surface area (Å²) < 4.78 is 28.2. The average Bonchev–Trinajstić information content (AvgIpc) is 2.63. The quantitative estimate of drug-likeness (QED) is 0.764. The van der Waals surface area contributed by atoms with E-state index < -0.39 is 10.2 Å². The molecule has 0 aliphatic carbocycles. The summed E-state index contributed by atoms with van der Waals surface area (Å²) in [5.41, 5.74) is 0. The van der Waals surface area contributed by atoms with E-state index >= 15 is 0 Å². The van der Waals surface area contributed by atoms with Gasteiger partial charge in [0.25, 0.3) is 10.2 Å². The van der Waals surface area contributed by atoms with E-state index in [0.717, 1.165) is 19.5 Å². The second kappa shape index (κ2) is 4.60. The summed E-state index contributed by atoms with van der Waals surface area (Å²) in [6, 6.07) is 0.517. The molecule has 5 nitrogen and oxygen atoms in total. The highest BCUT2D eigenvalue weighted by atomic mass is 32.2. The van der Waals surface area contributed by atoms with Crippen LogP contribution >= 0.6 is 0 Å². The lowest BCUT2D eigenvalue weighted by molar-refractivity contribution is 0.116. The van der Waals surface area contributed by atoms with Gasteiger partial charge < -0.3 is 0 Å². The van der Waals surface area contributed by atoms with E-state index in [0.29, 0.717) is 19.1 Å². The van der Waals surface area contributed by atoms with Crippen molar-refractivity contribution in [3.05, 3.63) is 0 Å². The fraction of sp³-hybridized carbons (Fsp3) is 1.00. The van der Waals surface area contributed by atoms with Gasteiger partial charge in [-0.25, -0.2) is 4.72 Å². The summed E-state index contributed by atoms with van der Waals surface area (Å²) in [5.74, 6) is 0. The molecule has 2 heterocycles. The topological polar surface area (TPSA) is 52.7 Å². The SMILES string of the molecule is CCNS(=O)(=O)N1C[C@H]2CCCN2C[C@@H]1C. The highest BCUT2D eigenvalue weighted by Gasteiger charge is 2.39. The molecule has 2 fully saturated rings. The second-order valence-electron chi connectivity index (χ2n) is 4.71. The van der Waals surface area contributed by atoms with Gasteiger partial charge in [0.15, 0.2) is 0 Å². The maximum absolute atomic E-state index is 12.0. The number of nitrogens with zero attached hydrogens (tertiary/aromatic N) is 2. The molecule has 2 aliphatic heterocycles. The molecule has 0 bridgehead atoms. The van der Waals surface area contributed by atoms with Crippen LogP contribution in [0.3, 0.4) is 0 Å². The van der Waals surface area contributed by atoms with Gasteiger partial charge in [0.1, 0.15) is 0 Å². The van der Waals surface area contributed by atoms with Crippen molar-refractivity contribution in [1.29, 1.82) is 0 Å². The number of nitrogens with one attached hydrogen (secondary N) is 1. The van der Waals surface area contributed by atoms with Crippen molar-refractivity contribution < 1.29 is 8.42 Å². The molecule has 0 unspecified atom stereocenters. The Balaban J connectivity index is 2.10. The molecule has 2 saturated heterocycles. The van der Waals surface area contributed by atoms with Gasteiger partial charge in [-0.1, -0.05) is 6.92 Å². The Labute approximate surface area is 98.0 Å². The molecule has 0 radical (unpaired) electrons. The molecule has 0 amide bonds. The van der Waals surface area contributed by atoms with Crippen LogP contribution in [0.1, 0.15) is 26.7 Å². The van der Waals surface area contributed by atoms with Gasteiger partial charge >= 0.3 is 0 Å². The number of hydrogen-bond acceptors (Lipinski definition) is 3. The summed E-state index contributed by atoms with van der Waals surface area (Å²) in [6.07, 6.45) is 2.33. The molecule has 0 aromatic rings. The second-order valence-corrected chi connectivity index (χ2v) is 6.42. The molecule has 2 atom stereocenters. The zero-order chi connectivity index (χ0) is 11.8. The summed E-state index contributed by atoms with van der Waals surface area (Å²) in [6.45, 7) is 6.91. The Morgan fingerprint density at radius 2 is 2.12 bits per heavy atom. The van der Waals surface area contributed by atoms with Gasteiger partial charge in [0.05, 0.1) is 0 Å². The molecule has 2 aliphatic rings. The fourth-order valence-corrected chi connectivity index (χ4v) is 4.20. The van der Waals surface area contributed by atoms with Crippen LogP contribution in [-0.4, -0.2) is 55.9 Å². The molecule has 94 valence electrons. The summed E-state index contributed by atoms with van der Waals surface area (Å²) >= 11 is 0. The molecule has 0 spiro atoms. The fourth-order valence-electron chi connectivity index (χ4n) is 2.76. The average molecular weight is 247 g/mol. The molecule has 0 saturated carbocycles. The summed E-state index contributed by atoms with van der Waals surface area (Å²) in [4.78, 5) is 2.42. The Morgan fingerprint density at radius 3 is 2.81 bits per heavy atom. The van der Waals surface area contributed by atoms with E-state index in [9.17, 15) is 8.42 Å². The zero-order valence-electron chi connectivity index (χ0n) is 10.0. The first-order chi connectivity index (χ1) is 7.54. The van der Waals surface area contributed by atoms with Crippen molar-refractivity contribution >= 4 is 10.2 Å². The van der Waals surface area contributed by atoms with E-state index in [4.69, 9.17) is 0 Å². The Bertz CT molecular complexity index is 344. The van der Waals surface area contributed by atoms with E-state index in [1.54, 1.807) is 4.31 Å². The third-order valence-corrected chi connectivity index (χ3v) is 5.30. The first-order valence-corrected chi connectivity index (χ1v) is 7.49. The van der Waals surface area contributed by atoms with Crippen LogP contribution in [0.25, 0.3) is 0 Å². The standard InChI is InChI=1S/C10H21N3O2S/c1-3-11-16(14,15)13-8-10-5-4-6-12(10)7-9(13)2/h9-11H,3-8H2,1-2H3/t9-,10+/m0/s1. The Morgan fingerprint density at radius 1 is 1.38 bits per heavy atom. The molecule has 16 heavy (non-hydrogen) atoms. The molecule has 1 N–H and O–H groups in total. The minimum Gasteiger partial charge on any atom is -0.297 e. The van der Waals surface area contributed by atoms with Gasteiger partial charge in [-0.15, -0.1) is 0 Å². The van der Waals surface area contributed by atoms with E-state index in [1.165, 1.54) is 6.42 Å². The van der Waals surface area contributed by atoms with Crippen LogP contribution in [-0.2, 0) is 10.2 Å². The van der Waals surface area contributed by atoms with Crippen molar-refractivity contribution in [3.8, 4) is 0 Å². The molecule has 2 rings (SSSR count). The van der Waals surface area contributed by atoms with Crippen molar-refractivity contribution in [1.82, 2.24) is 13.9 Å². The Hall–Kier alpha value is -0.170. The van der Waals surface area contributed by atoms with Gasteiger partial charge in [0.2, 0.25) is 0 Å². The lowest BCUT2D eigenvalue weighted by Crippen LogP contribution is -2.58. The van der Waals surface area contributed by atoms with Gasteiger partial charge in [-0.3, -0.25) is 4.90 Å². The molecule has 0 aromatic heterocycles. The minimum absolute atomic E-state index is 0.0819.